The van der Waals surface area contributed by atoms with Gasteiger partial charge in [0.25, 0.3) is 0 Å². The van der Waals surface area contributed by atoms with Gasteiger partial charge < -0.3 is 10.6 Å². The average molecular weight is 299 g/mol. The largest absolute Gasteiger partial charge is 0.340 e. The van der Waals surface area contributed by atoms with Gasteiger partial charge in [0.15, 0.2) is 0 Å². The second kappa shape index (κ2) is 7.33. The van der Waals surface area contributed by atoms with Crippen LogP contribution in [0.5, 0.6) is 0 Å². The van der Waals surface area contributed by atoms with Crippen LogP contribution < -0.4 is 11.2 Å². The van der Waals surface area contributed by atoms with E-state index >= 15 is 0 Å². The molecule has 1 heterocycles. The van der Waals surface area contributed by atoms with Crippen LogP contribution in [0.3, 0.4) is 0 Å². The fraction of sp³-hybridized carbons (Fsp3) is 0.188. The number of pyridine rings is 1. The van der Waals surface area contributed by atoms with Crippen LogP contribution in [0.25, 0.3) is 11.1 Å². The molecule has 0 saturated heterocycles. The molecular formula is C16H17N3O3. The van der Waals surface area contributed by atoms with Crippen molar-refractivity contribution in [2.75, 3.05) is 0 Å². The van der Waals surface area contributed by atoms with Gasteiger partial charge in [-0.15, -0.1) is 0 Å². The maximum atomic E-state index is 11.9. The van der Waals surface area contributed by atoms with E-state index in [0.29, 0.717) is 6.54 Å². The average Bonchev–Trinajstić information content (AvgIpc) is 2.59. The Morgan fingerprint density at radius 1 is 1.18 bits per heavy atom. The molecule has 1 aromatic heterocycles. The summed E-state index contributed by atoms with van der Waals surface area (Å²) in [4.78, 5) is 31.5. The Bertz CT molecular complexity index is 669. The number of benzene rings is 1. The van der Waals surface area contributed by atoms with Gasteiger partial charge in [-0.05, 0) is 28.8 Å². The number of aromatic nitrogens is 1. The van der Waals surface area contributed by atoms with Crippen molar-refractivity contribution >= 4 is 11.9 Å². The first-order valence-electron chi connectivity index (χ1n) is 6.89. The van der Waals surface area contributed by atoms with Crippen LogP contribution in [0.15, 0.2) is 42.6 Å². The number of carbonyl (C=O) groups excluding carboxylic acids is 2. The molecular weight excluding hydrogens is 282 g/mol. The number of hydroxylamine groups is 1. The van der Waals surface area contributed by atoms with Crippen LogP contribution in [-0.2, 0) is 16.2 Å². The summed E-state index contributed by atoms with van der Waals surface area (Å²) in [6, 6.07) is 11.1. The summed E-state index contributed by atoms with van der Waals surface area (Å²) in [5.74, 6) is -1.08. The molecule has 0 radical (unpaired) electrons. The molecule has 0 aliphatic rings. The molecule has 1 aromatic carbocycles. The van der Waals surface area contributed by atoms with Gasteiger partial charge in [0, 0.05) is 19.2 Å². The van der Waals surface area contributed by atoms with Crippen LogP contribution in [0.1, 0.15) is 29.4 Å². The van der Waals surface area contributed by atoms with Crippen molar-refractivity contribution < 1.29 is 14.4 Å². The van der Waals surface area contributed by atoms with Crippen molar-refractivity contribution in [1.82, 2.24) is 10.5 Å². The van der Waals surface area contributed by atoms with Gasteiger partial charge in [0.05, 0.1) is 0 Å². The topological polar surface area (TPSA) is 94.3 Å². The number of hydrogen-bond acceptors (Lipinski definition) is 5. The van der Waals surface area contributed by atoms with E-state index in [1.807, 2.05) is 24.3 Å². The van der Waals surface area contributed by atoms with Crippen LogP contribution >= 0.6 is 0 Å². The third-order valence-corrected chi connectivity index (χ3v) is 3.06. The van der Waals surface area contributed by atoms with Crippen LogP contribution in [-0.4, -0.2) is 16.9 Å². The molecule has 0 spiro atoms. The molecule has 2 rings (SSSR count). The fourth-order valence-corrected chi connectivity index (χ4v) is 1.80. The van der Waals surface area contributed by atoms with E-state index in [1.54, 1.807) is 19.1 Å². The minimum atomic E-state index is -0.567. The number of hydrogen-bond donors (Lipinski definition) is 2. The van der Waals surface area contributed by atoms with Gasteiger partial charge >= 0.3 is 11.9 Å². The molecule has 0 aliphatic heterocycles. The number of amides is 1. The first-order chi connectivity index (χ1) is 10.6. The summed E-state index contributed by atoms with van der Waals surface area (Å²) in [6.45, 7) is 2.12. The summed E-state index contributed by atoms with van der Waals surface area (Å²) in [5, 5.41) is 0. The van der Waals surface area contributed by atoms with Gasteiger partial charge in [-0.1, -0.05) is 31.2 Å². The van der Waals surface area contributed by atoms with Crippen molar-refractivity contribution in [3.8, 4) is 11.1 Å². The standard InChI is InChI=1S/C16H17N3O3/c1-2-15(20)22-19-16(21)14-9-13(7-8-18-14)12-5-3-11(10-17)4-6-12/h3-9H,2,10,17H2,1H3,(H,19,21). The SMILES string of the molecule is CCC(=O)ONC(=O)c1cc(-c2ccc(CN)cc2)ccn1. The summed E-state index contributed by atoms with van der Waals surface area (Å²) in [7, 11) is 0. The third-order valence-electron chi connectivity index (χ3n) is 3.06. The smallest absolute Gasteiger partial charge is 0.331 e. The predicted octanol–water partition coefficient (Wildman–Crippen LogP) is 1.81. The highest BCUT2D eigenvalue weighted by molar-refractivity contribution is 5.93. The maximum Gasteiger partial charge on any atom is 0.331 e. The van der Waals surface area contributed by atoms with Crippen LogP contribution in [0.2, 0.25) is 0 Å². The zero-order chi connectivity index (χ0) is 15.9. The molecule has 6 nitrogen and oxygen atoms in total. The Labute approximate surface area is 128 Å². The third kappa shape index (κ3) is 3.89. The Morgan fingerprint density at radius 2 is 1.91 bits per heavy atom. The van der Waals surface area contributed by atoms with E-state index in [4.69, 9.17) is 5.73 Å². The minimum absolute atomic E-state index is 0.171. The number of rotatable bonds is 4. The monoisotopic (exact) mass is 299 g/mol. The highest BCUT2D eigenvalue weighted by Crippen LogP contribution is 2.20. The molecule has 22 heavy (non-hydrogen) atoms. The molecule has 0 aliphatic carbocycles. The maximum absolute atomic E-state index is 11.9. The number of carbonyl (C=O) groups is 2. The van der Waals surface area contributed by atoms with E-state index in [9.17, 15) is 9.59 Å². The van der Waals surface area contributed by atoms with Crippen molar-refractivity contribution in [3.05, 3.63) is 53.9 Å². The molecule has 2 aromatic rings. The molecule has 0 atom stereocenters. The van der Waals surface area contributed by atoms with Crippen molar-refractivity contribution in [1.29, 1.82) is 0 Å². The summed E-state index contributed by atoms with van der Waals surface area (Å²) in [5.41, 5.74) is 10.6. The Kier molecular flexibility index (Phi) is 5.21. The lowest BCUT2D eigenvalue weighted by molar-refractivity contribution is -0.148. The molecule has 0 unspecified atom stereocenters. The van der Waals surface area contributed by atoms with Crippen molar-refractivity contribution in [2.24, 2.45) is 5.73 Å². The lowest BCUT2D eigenvalue weighted by Gasteiger charge is -2.06. The fourth-order valence-electron chi connectivity index (χ4n) is 1.80. The molecule has 0 fully saturated rings. The first-order valence-corrected chi connectivity index (χ1v) is 6.89. The highest BCUT2D eigenvalue weighted by atomic mass is 16.7. The van der Waals surface area contributed by atoms with Gasteiger partial charge in [-0.3, -0.25) is 9.78 Å². The van der Waals surface area contributed by atoms with E-state index in [-0.39, 0.29) is 12.1 Å². The van der Waals surface area contributed by atoms with Gasteiger partial charge in [0.2, 0.25) is 0 Å². The molecule has 3 N–H and O–H groups in total. The molecule has 0 saturated carbocycles. The summed E-state index contributed by atoms with van der Waals surface area (Å²) >= 11 is 0. The highest BCUT2D eigenvalue weighted by Gasteiger charge is 2.10. The normalized spacial score (nSPS) is 10.1. The Morgan fingerprint density at radius 3 is 2.55 bits per heavy atom. The minimum Gasteiger partial charge on any atom is -0.340 e. The molecule has 6 heteroatoms. The summed E-state index contributed by atoms with van der Waals surface area (Å²) in [6.07, 6.45) is 1.71. The first kappa shape index (κ1) is 15.7. The molecule has 1 amide bonds. The second-order valence-electron chi connectivity index (χ2n) is 4.59. The van der Waals surface area contributed by atoms with Crippen molar-refractivity contribution in [3.63, 3.8) is 0 Å². The van der Waals surface area contributed by atoms with Crippen molar-refractivity contribution in [2.45, 2.75) is 19.9 Å². The number of nitrogens with zero attached hydrogens (tertiary/aromatic N) is 1. The quantitative estimate of drug-likeness (QED) is 0.840. The van der Waals surface area contributed by atoms with E-state index in [1.165, 1.54) is 6.20 Å². The lowest BCUT2D eigenvalue weighted by Crippen LogP contribution is -2.27. The number of nitrogens with two attached hydrogens (primary N) is 1. The second-order valence-corrected chi connectivity index (χ2v) is 4.59. The van der Waals surface area contributed by atoms with Crippen LogP contribution in [0.4, 0.5) is 0 Å². The molecule has 0 bridgehead atoms. The Hall–Kier alpha value is -2.73. The zero-order valence-electron chi connectivity index (χ0n) is 12.2. The van der Waals surface area contributed by atoms with E-state index < -0.39 is 11.9 Å². The van der Waals surface area contributed by atoms with E-state index in [0.717, 1.165) is 16.7 Å². The summed E-state index contributed by atoms with van der Waals surface area (Å²) < 4.78 is 0. The zero-order valence-corrected chi connectivity index (χ0v) is 12.2. The van der Waals surface area contributed by atoms with Gasteiger partial charge in [0.1, 0.15) is 5.69 Å². The predicted molar refractivity (Wildman–Crippen MR) is 81.4 cm³/mol. The molecule has 114 valence electrons. The van der Waals surface area contributed by atoms with Gasteiger partial charge in [-0.2, -0.15) is 5.48 Å². The Balaban J connectivity index is 2.15. The van der Waals surface area contributed by atoms with Gasteiger partial charge in [-0.25, -0.2) is 4.79 Å². The van der Waals surface area contributed by atoms with Crippen LogP contribution in [0, 0.1) is 0 Å². The lowest BCUT2D eigenvalue weighted by atomic mass is 10.0. The number of nitrogens with one attached hydrogen (secondary N) is 1. The van der Waals surface area contributed by atoms with E-state index in [2.05, 4.69) is 15.3 Å².